The van der Waals surface area contributed by atoms with Crippen LogP contribution in [0.5, 0.6) is 5.88 Å². The molecule has 92 valence electrons. The smallest absolute Gasteiger partial charge is 0.320 e. The van der Waals surface area contributed by atoms with E-state index in [0.717, 1.165) is 10.0 Å². The van der Waals surface area contributed by atoms with Gasteiger partial charge in [0.1, 0.15) is 12.1 Å². The summed E-state index contributed by atoms with van der Waals surface area (Å²) >= 11 is 3.33. The Bertz CT molecular complexity index is 439. The van der Waals surface area contributed by atoms with Crippen molar-refractivity contribution >= 4 is 21.9 Å². The standard InChI is InChI=1S/C11H13BrN2O3/c1-6-2-7(12)4-14-10(6)17-8-3-9(11(15)16)13-5-8/h2,4,8-9,13H,3,5H2,1H3,(H,15,16). The number of pyridine rings is 1. The lowest BCUT2D eigenvalue weighted by Gasteiger charge is -2.13. The number of nitrogens with zero attached hydrogens (tertiary/aromatic N) is 1. The molecule has 2 unspecified atom stereocenters. The van der Waals surface area contributed by atoms with E-state index >= 15 is 0 Å². The fourth-order valence-corrected chi connectivity index (χ4v) is 2.24. The highest BCUT2D eigenvalue weighted by molar-refractivity contribution is 9.10. The number of rotatable bonds is 3. The zero-order chi connectivity index (χ0) is 12.4. The number of halogens is 1. The molecule has 1 aromatic heterocycles. The molecule has 2 heterocycles. The molecule has 5 nitrogen and oxygen atoms in total. The van der Waals surface area contributed by atoms with Crippen molar-refractivity contribution in [2.45, 2.75) is 25.5 Å². The molecule has 0 radical (unpaired) electrons. The second-order valence-electron chi connectivity index (χ2n) is 4.05. The summed E-state index contributed by atoms with van der Waals surface area (Å²) in [6.45, 7) is 2.44. The van der Waals surface area contributed by atoms with Crippen LogP contribution in [0, 0.1) is 6.92 Å². The maximum absolute atomic E-state index is 10.8. The van der Waals surface area contributed by atoms with Crippen molar-refractivity contribution in [1.82, 2.24) is 10.3 Å². The van der Waals surface area contributed by atoms with E-state index in [0.29, 0.717) is 18.8 Å². The molecule has 1 fully saturated rings. The van der Waals surface area contributed by atoms with E-state index in [9.17, 15) is 4.79 Å². The lowest BCUT2D eigenvalue weighted by Crippen LogP contribution is -2.30. The van der Waals surface area contributed by atoms with Gasteiger partial charge in [0, 0.05) is 29.2 Å². The summed E-state index contributed by atoms with van der Waals surface area (Å²) in [5.41, 5.74) is 0.929. The third-order valence-corrected chi connectivity index (χ3v) is 3.10. The van der Waals surface area contributed by atoms with Gasteiger partial charge in [-0.2, -0.15) is 0 Å². The third-order valence-electron chi connectivity index (χ3n) is 2.66. The molecule has 0 saturated carbocycles. The number of ether oxygens (including phenoxy) is 1. The van der Waals surface area contributed by atoms with Crippen LogP contribution in [-0.2, 0) is 4.79 Å². The summed E-state index contributed by atoms with van der Waals surface area (Å²) in [4.78, 5) is 14.9. The van der Waals surface area contributed by atoms with Crippen molar-refractivity contribution in [2.75, 3.05) is 6.54 Å². The van der Waals surface area contributed by atoms with E-state index in [1.807, 2.05) is 13.0 Å². The highest BCUT2D eigenvalue weighted by Gasteiger charge is 2.30. The summed E-state index contributed by atoms with van der Waals surface area (Å²) in [5.74, 6) is -0.275. The normalized spacial score (nSPS) is 23.6. The van der Waals surface area contributed by atoms with E-state index in [1.165, 1.54) is 0 Å². The Balaban J connectivity index is 2.00. The Morgan fingerprint density at radius 1 is 1.71 bits per heavy atom. The van der Waals surface area contributed by atoms with E-state index in [2.05, 4.69) is 26.2 Å². The van der Waals surface area contributed by atoms with Crippen LogP contribution in [0.2, 0.25) is 0 Å². The molecule has 0 bridgehead atoms. The van der Waals surface area contributed by atoms with Crippen molar-refractivity contribution in [3.63, 3.8) is 0 Å². The van der Waals surface area contributed by atoms with Gasteiger partial charge < -0.3 is 15.2 Å². The van der Waals surface area contributed by atoms with Crippen LogP contribution in [-0.4, -0.2) is 34.8 Å². The topological polar surface area (TPSA) is 71.5 Å². The average Bonchev–Trinajstić information content (AvgIpc) is 2.71. The Hall–Kier alpha value is -1.14. The van der Waals surface area contributed by atoms with Crippen LogP contribution in [0.1, 0.15) is 12.0 Å². The van der Waals surface area contributed by atoms with E-state index in [1.54, 1.807) is 6.20 Å². The minimum absolute atomic E-state index is 0.136. The second kappa shape index (κ2) is 5.01. The molecule has 1 aliphatic rings. The second-order valence-corrected chi connectivity index (χ2v) is 4.97. The first-order chi connectivity index (χ1) is 8.06. The molecule has 0 amide bonds. The highest BCUT2D eigenvalue weighted by atomic mass is 79.9. The van der Waals surface area contributed by atoms with Gasteiger partial charge in [0.15, 0.2) is 0 Å². The predicted octanol–water partition coefficient (Wildman–Crippen LogP) is 1.35. The van der Waals surface area contributed by atoms with Gasteiger partial charge in [-0.15, -0.1) is 0 Å². The number of carboxylic acids is 1. The molecule has 17 heavy (non-hydrogen) atoms. The molecule has 2 atom stereocenters. The molecule has 0 spiro atoms. The highest BCUT2D eigenvalue weighted by Crippen LogP contribution is 2.22. The summed E-state index contributed by atoms with van der Waals surface area (Å²) in [7, 11) is 0. The molecule has 0 aromatic carbocycles. The number of hydrogen-bond donors (Lipinski definition) is 2. The monoisotopic (exact) mass is 300 g/mol. The Labute approximate surface area is 107 Å². The molecular formula is C11H13BrN2O3. The van der Waals surface area contributed by atoms with E-state index < -0.39 is 12.0 Å². The van der Waals surface area contributed by atoms with Crippen LogP contribution in [0.15, 0.2) is 16.7 Å². The molecule has 2 rings (SSSR count). The maximum atomic E-state index is 10.8. The Morgan fingerprint density at radius 3 is 3.06 bits per heavy atom. The molecule has 1 aliphatic heterocycles. The number of aromatic nitrogens is 1. The fraction of sp³-hybridized carbons (Fsp3) is 0.455. The maximum Gasteiger partial charge on any atom is 0.320 e. The summed E-state index contributed by atoms with van der Waals surface area (Å²) in [6, 6.07) is 1.40. The van der Waals surface area contributed by atoms with Gasteiger partial charge in [-0.3, -0.25) is 4.79 Å². The zero-order valence-electron chi connectivity index (χ0n) is 9.31. The minimum Gasteiger partial charge on any atom is -0.480 e. The van der Waals surface area contributed by atoms with Crippen LogP contribution in [0.4, 0.5) is 0 Å². The number of carbonyl (C=O) groups is 1. The van der Waals surface area contributed by atoms with Crippen LogP contribution in [0.3, 0.4) is 0 Å². The van der Waals surface area contributed by atoms with Crippen LogP contribution < -0.4 is 10.1 Å². The average molecular weight is 301 g/mol. The quantitative estimate of drug-likeness (QED) is 0.881. The minimum atomic E-state index is -0.836. The largest absolute Gasteiger partial charge is 0.480 e. The Morgan fingerprint density at radius 2 is 2.47 bits per heavy atom. The van der Waals surface area contributed by atoms with Gasteiger partial charge in [0.25, 0.3) is 0 Å². The molecule has 6 heteroatoms. The van der Waals surface area contributed by atoms with Crippen molar-refractivity contribution < 1.29 is 14.6 Å². The third kappa shape index (κ3) is 2.95. The number of carboxylic acid groups (broad SMARTS) is 1. The van der Waals surface area contributed by atoms with Gasteiger partial charge in [-0.25, -0.2) is 4.98 Å². The molecule has 1 saturated heterocycles. The molecule has 2 N–H and O–H groups in total. The van der Waals surface area contributed by atoms with Crippen molar-refractivity contribution in [3.8, 4) is 5.88 Å². The Kier molecular flexibility index (Phi) is 3.63. The van der Waals surface area contributed by atoms with Gasteiger partial charge in [-0.05, 0) is 28.9 Å². The summed E-state index contributed by atoms with van der Waals surface area (Å²) in [5, 5.41) is 11.7. The van der Waals surface area contributed by atoms with E-state index in [4.69, 9.17) is 9.84 Å². The first kappa shape index (κ1) is 12.3. The fourth-order valence-electron chi connectivity index (χ4n) is 1.79. The van der Waals surface area contributed by atoms with Gasteiger partial charge in [0.2, 0.25) is 5.88 Å². The summed E-state index contributed by atoms with van der Waals surface area (Å²) < 4.78 is 6.58. The molecular weight excluding hydrogens is 288 g/mol. The molecule has 0 aliphatic carbocycles. The number of aliphatic carboxylic acids is 1. The molecule has 1 aromatic rings. The first-order valence-corrected chi connectivity index (χ1v) is 6.10. The zero-order valence-corrected chi connectivity index (χ0v) is 10.9. The predicted molar refractivity (Wildman–Crippen MR) is 65.1 cm³/mol. The number of nitrogens with one attached hydrogen (secondary N) is 1. The van der Waals surface area contributed by atoms with Crippen molar-refractivity contribution in [2.24, 2.45) is 0 Å². The lowest BCUT2D eigenvalue weighted by atomic mass is 10.2. The van der Waals surface area contributed by atoms with Gasteiger partial charge in [0.05, 0.1) is 0 Å². The lowest BCUT2D eigenvalue weighted by molar-refractivity contribution is -0.139. The van der Waals surface area contributed by atoms with Crippen LogP contribution in [0.25, 0.3) is 0 Å². The van der Waals surface area contributed by atoms with Gasteiger partial charge >= 0.3 is 5.97 Å². The van der Waals surface area contributed by atoms with Crippen molar-refractivity contribution in [3.05, 3.63) is 22.3 Å². The van der Waals surface area contributed by atoms with Crippen molar-refractivity contribution in [1.29, 1.82) is 0 Å². The first-order valence-electron chi connectivity index (χ1n) is 5.31. The SMILES string of the molecule is Cc1cc(Br)cnc1OC1CNC(C(=O)O)C1. The van der Waals surface area contributed by atoms with Crippen LogP contribution >= 0.6 is 15.9 Å². The van der Waals surface area contributed by atoms with E-state index in [-0.39, 0.29) is 6.10 Å². The number of aryl methyl sites for hydroxylation is 1. The summed E-state index contributed by atoms with van der Waals surface area (Å²) in [6.07, 6.45) is 2.00. The van der Waals surface area contributed by atoms with Gasteiger partial charge in [-0.1, -0.05) is 0 Å². The number of hydrogen-bond acceptors (Lipinski definition) is 4.